The molecule has 36 heavy (non-hydrogen) atoms. The molecule has 182 valence electrons. The van der Waals surface area contributed by atoms with Gasteiger partial charge in [-0.25, -0.2) is 9.97 Å². The Morgan fingerprint density at radius 1 is 1.14 bits per heavy atom. The molecule has 0 spiro atoms. The predicted molar refractivity (Wildman–Crippen MR) is 129 cm³/mol. The lowest BCUT2D eigenvalue weighted by Crippen LogP contribution is -2.38. The minimum Gasteiger partial charge on any atom is -0.476 e. The molecule has 3 aliphatic rings. The first-order valence-electron chi connectivity index (χ1n) is 12.3. The second-order valence-electron chi connectivity index (χ2n) is 9.52. The highest BCUT2D eigenvalue weighted by molar-refractivity contribution is 5.77. The lowest BCUT2D eigenvalue weighted by atomic mass is 10.1. The molecule has 1 amide bonds. The Kier molecular flexibility index (Phi) is 4.93. The molecule has 0 bridgehead atoms. The first-order chi connectivity index (χ1) is 17.7. The summed E-state index contributed by atoms with van der Waals surface area (Å²) in [5.74, 6) is 1.12. The summed E-state index contributed by atoms with van der Waals surface area (Å²) in [6.07, 6.45) is 7.03. The number of hydrogen-bond donors (Lipinski definition) is 2. The number of carbonyl (C=O) groups excluding carboxylic acids is 1. The number of nitrogens with zero attached hydrogens (tertiary/aromatic N) is 7. The maximum absolute atomic E-state index is 12.9. The van der Waals surface area contributed by atoms with E-state index < -0.39 is 0 Å². The lowest BCUT2D eigenvalue weighted by molar-refractivity contribution is -0.133. The van der Waals surface area contributed by atoms with Gasteiger partial charge in [0.1, 0.15) is 12.2 Å². The average Bonchev–Trinajstić information content (AvgIpc) is 3.59. The summed E-state index contributed by atoms with van der Waals surface area (Å²) in [4.78, 5) is 24.2. The van der Waals surface area contributed by atoms with Crippen LogP contribution in [0.4, 0.5) is 5.95 Å². The van der Waals surface area contributed by atoms with E-state index in [0.29, 0.717) is 37.9 Å². The molecule has 3 aromatic heterocycles. The highest BCUT2D eigenvalue weighted by Gasteiger charge is 2.27. The number of rotatable bonds is 4. The normalized spacial score (nSPS) is 16.4. The van der Waals surface area contributed by atoms with Gasteiger partial charge in [-0.1, -0.05) is 29.5 Å². The van der Waals surface area contributed by atoms with E-state index in [2.05, 4.69) is 55.1 Å². The number of ether oxygens (including phenoxy) is 1. The van der Waals surface area contributed by atoms with Crippen LogP contribution >= 0.6 is 0 Å². The number of fused-ring (bicyclic) bond motifs is 5. The summed E-state index contributed by atoms with van der Waals surface area (Å²) >= 11 is 0. The molecule has 5 heterocycles. The van der Waals surface area contributed by atoms with E-state index in [0.717, 1.165) is 47.5 Å². The van der Waals surface area contributed by atoms with Gasteiger partial charge in [0, 0.05) is 43.4 Å². The quantitative estimate of drug-likeness (QED) is 0.448. The van der Waals surface area contributed by atoms with Crippen LogP contribution in [0.1, 0.15) is 28.2 Å². The Balaban J connectivity index is 1.07. The number of amides is 1. The Bertz CT molecular complexity index is 1430. The van der Waals surface area contributed by atoms with Crippen LogP contribution in [0, 0.1) is 0 Å². The van der Waals surface area contributed by atoms with E-state index in [1.165, 1.54) is 11.1 Å². The van der Waals surface area contributed by atoms with Crippen molar-refractivity contribution in [1.29, 1.82) is 0 Å². The molecule has 7 rings (SSSR count). The van der Waals surface area contributed by atoms with Gasteiger partial charge in [0.2, 0.25) is 17.7 Å². The van der Waals surface area contributed by atoms with Gasteiger partial charge < -0.3 is 15.0 Å². The molecule has 2 N–H and O–H groups in total. The number of H-pyrrole nitrogens is 1. The molecule has 11 nitrogen and oxygen atoms in total. The van der Waals surface area contributed by atoms with Crippen molar-refractivity contribution in [1.82, 2.24) is 40.1 Å². The van der Waals surface area contributed by atoms with Gasteiger partial charge in [0.25, 0.3) is 0 Å². The molecule has 0 atom stereocenters. The summed E-state index contributed by atoms with van der Waals surface area (Å²) in [5.41, 5.74) is 7.22. The van der Waals surface area contributed by atoms with Crippen molar-refractivity contribution in [3.63, 3.8) is 0 Å². The zero-order valence-electron chi connectivity index (χ0n) is 19.6. The van der Waals surface area contributed by atoms with E-state index in [9.17, 15) is 4.79 Å². The number of aromatic amines is 1. The van der Waals surface area contributed by atoms with E-state index in [-0.39, 0.29) is 18.5 Å². The van der Waals surface area contributed by atoms with Gasteiger partial charge in [0.05, 0.1) is 30.1 Å². The van der Waals surface area contributed by atoms with E-state index in [4.69, 9.17) is 9.72 Å². The van der Waals surface area contributed by atoms with Gasteiger partial charge in [-0.05, 0) is 24.0 Å². The van der Waals surface area contributed by atoms with Crippen LogP contribution in [0.15, 0.2) is 36.7 Å². The maximum Gasteiger partial charge on any atom is 0.244 e. The lowest BCUT2D eigenvalue weighted by Gasteiger charge is -2.25. The zero-order chi connectivity index (χ0) is 24.1. The summed E-state index contributed by atoms with van der Waals surface area (Å²) in [6.45, 7) is 1.69. The van der Waals surface area contributed by atoms with Crippen molar-refractivity contribution in [2.75, 3.05) is 18.5 Å². The van der Waals surface area contributed by atoms with Crippen LogP contribution in [0.5, 0.6) is 5.88 Å². The van der Waals surface area contributed by atoms with Crippen LogP contribution in [-0.2, 0) is 43.6 Å². The van der Waals surface area contributed by atoms with Crippen LogP contribution in [-0.4, -0.2) is 65.2 Å². The Labute approximate surface area is 206 Å². The summed E-state index contributed by atoms with van der Waals surface area (Å²) in [6, 6.07) is 8.84. The van der Waals surface area contributed by atoms with E-state index in [1.807, 2.05) is 12.4 Å². The number of nitrogens with one attached hydrogen (secondary N) is 2. The first-order valence-corrected chi connectivity index (χ1v) is 12.3. The standard InChI is InChI=1S/C25H25N9O2/c35-23(33-7-5-21-22(13-33)30-32-29-21)14-34-12-19-18-11-26-25(28-20(18)6-8-36-24(19)31-34)27-17-9-15-3-1-2-4-16(15)10-17/h1-4,11-12,17H,5-10,13-14H2,(H,26,27,28)(H,29,30,32). The molecule has 0 fully saturated rings. The molecular formula is C25H25N9O2. The number of hydrogen-bond acceptors (Lipinski definition) is 8. The molecule has 1 aromatic carbocycles. The topological polar surface area (TPSA) is 127 Å². The fourth-order valence-electron chi connectivity index (χ4n) is 5.32. The van der Waals surface area contributed by atoms with Crippen molar-refractivity contribution in [3.8, 4) is 17.0 Å². The van der Waals surface area contributed by atoms with Crippen molar-refractivity contribution >= 4 is 11.9 Å². The minimum absolute atomic E-state index is 0.0186. The molecule has 0 unspecified atom stereocenters. The molecular weight excluding hydrogens is 458 g/mol. The van der Waals surface area contributed by atoms with Crippen LogP contribution in [0.25, 0.3) is 11.1 Å². The molecule has 2 aliphatic heterocycles. The largest absolute Gasteiger partial charge is 0.476 e. The SMILES string of the molecule is O=C(Cn1cc2c(n1)OCCc1nc(NC3Cc4ccccc4C3)ncc1-2)N1CCc2[nH]nnc2C1. The highest BCUT2D eigenvalue weighted by atomic mass is 16.5. The second-order valence-corrected chi connectivity index (χ2v) is 9.52. The monoisotopic (exact) mass is 483 g/mol. The van der Waals surface area contributed by atoms with Gasteiger partial charge in [-0.3, -0.25) is 14.6 Å². The number of carbonyl (C=O) groups is 1. The molecule has 0 saturated heterocycles. The average molecular weight is 484 g/mol. The second kappa shape index (κ2) is 8.43. The van der Waals surface area contributed by atoms with Crippen molar-refractivity contribution < 1.29 is 9.53 Å². The maximum atomic E-state index is 12.9. The number of benzene rings is 1. The summed E-state index contributed by atoms with van der Waals surface area (Å²) in [5, 5.41) is 18.9. The fraction of sp³-hybridized carbons (Fsp3) is 0.360. The first kappa shape index (κ1) is 21.0. The third kappa shape index (κ3) is 3.76. The van der Waals surface area contributed by atoms with Gasteiger partial charge in [0.15, 0.2) is 0 Å². The zero-order valence-corrected chi connectivity index (χ0v) is 19.6. The van der Waals surface area contributed by atoms with Gasteiger partial charge >= 0.3 is 0 Å². The Hall–Kier alpha value is -4.28. The van der Waals surface area contributed by atoms with Crippen LogP contribution in [0.2, 0.25) is 0 Å². The minimum atomic E-state index is -0.0186. The molecule has 1 aliphatic carbocycles. The van der Waals surface area contributed by atoms with E-state index >= 15 is 0 Å². The highest BCUT2D eigenvalue weighted by Crippen LogP contribution is 2.34. The fourth-order valence-corrected chi connectivity index (χ4v) is 5.32. The van der Waals surface area contributed by atoms with Gasteiger partial charge in [-0.2, -0.15) is 0 Å². The molecule has 4 aromatic rings. The summed E-state index contributed by atoms with van der Waals surface area (Å²) < 4.78 is 7.56. The smallest absolute Gasteiger partial charge is 0.244 e. The van der Waals surface area contributed by atoms with Crippen LogP contribution in [0.3, 0.4) is 0 Å². The van der Waals surface area contributed by atoms with Crippen molar-refractivity contribution in [2.45, 2.75) is 44.8 Å². The van der Waals surface area contributed by atoms with Crippen molar-refractivity contribution in [3.05, 3.63) is 64.9 Å². The summed E-state index contributed by atoms with van der Waals surface area (Å²) in [7, 11) is 0. The van der Waals surface area contributed by atoms with Crippen molar-refractivity contribution in [2.24, 2.45) is 0 Å². The number of anilines is 1. The Morgan fingerprint density at radius 3 is 2.86 bits per heavy atom. The third-order valence-corrected chi connectivity index (χ3v) is 7.17. The van der Waals surface area contributed by atoms with E-state index in [1.54, 1.807) is 9.58 Å². The van der Waals surface area contributed by atoms with Gasteiger partial charge in [-0.15, -0.1) is 10.2 Å². The number of aromatic nitrogens is 7. The molecule has 11 heteroatoms. The molecule has 0 radical (unpaired) electrons. The predicted octanol–water partition coefficient (Wildman–Crippen LogP) is 1.56. The molecule has 0 saturated carbocycles. The third-order valence-electron chi connectivity index (χ3n) is 7.17. The van der Waals surface area contributed by atoms with Crippen LogP contribution < -0.4 is 10.1 Å². The Morgan fingerprint density at radius 2 is 2.00 bits per heavy atom.